The molecule has 36 heavy (non-hydrogen) atoms. The van der Waals surface area contributed by atoms with Gasteiger partial charge in [-0.15, -0.1) is 0 Å². The van der Waals surface area contributed by atoms with E-state index in [1.165, 1.54) is 6.08 Å². The highest BCUT2D eigenvalue weighted by Crippen LogP contribution is 2.65. The Bertz CT molecular complexity index is 1170. The number of benzene rings is 1. The van der Waals surface area contributed by atoms with Crippen LogP contribution in [0.5, 0.6) is 11.5 Å². The lowest BCUT2D eigenvalue weighted by Crippen LogP contribution is -2.74. The second-order valence-corrected chi connectivity index (χ2v) is 9.21. The lowest BCUT2D eigenvalue weighted by molar-refractivity contribution is -0.192. The van der Waals surface area contributed by atoms with E-state index in [-0.39, 0.29) is 11.8 Å². The molecule has 1 aromatic carbocycles. The van der Waals surface area contributed by atoms with Crippen LogP contribution in [-0.2, 0) is 26.2 Å². The summed E-state index contributed by atoms with van der Waals surface area (Å²) >= 11 is 0. The number of aromatic hydroxyl groups is 1. The summed E-state index contributed by atoms with van der Waals surface area (Å²) in [7, 11) is 2.04. The van der Waals surface area contributed by atoms with Gasteiger partial charge in [-0.3, -0.25) is 0 Å². The number of likely N-dealkylation sites (N-methyl/N-ethyl adjacent to an activating group) is 1. The summed E-state index contributed by atoms with van der Waals surface area (Å²) in [6, 6.07) is 3.52. The molecule has 1 saturated heterocycles. The number of hydrogen-bond acceptors (Lipinski definition) is 7. The van der Waals surface area contributed by atoms with Gasteiger partial charge in [0.05, 0.1) is 11.0 Å². The number of aliphatic hydroxyl groups is 1. The highest BCUT2D eigenvalue weighted by Gasteiger charge is 2.72. The SMILES string of the molecule is CC=CC=CC(=O)OC1=CC[C@]2(O)C3Cc4ccc(O)c5c4[C@@]2(CCN3C)[C@H]1O5.O=C(O)C(F)(F)F. The smallest absolute Gasteiger partial charge is 0.490 e. The third-order valence-corrected chi connectivity index (χ3v) is 7.35. The number of carboxylic acid groups (broad SMARTS) is 1. The number of aliphatic carboxylic acids is 1. The van der Waals surface area contributed by atoms with Gasteiger partial charge in [0.15, 0.2) is 17.6 Å². The molecule has 2 aliphatic heterocycles. The number of ether oxygens (including phenoxy) is 2. The Balaban J connectivity index is 0.000000384. The number of hydrogen-bond donors (Lipinski definition) is 3. The van der Waals surface area contributed by atoms with Gasteiger partial charge in [-0.25, -0.2) is 9.59 Å². The molecule has 0 amide bonds. The van der Waals surface area contributed by atoms with E-state index in [0.29, 0.717) is 30.8 Å². The molecule has 1 spiro atoms. The summed E-state index contributed by atoms with van der Waals surface area (Å²) in [5, 5.41) is 29.6. The Kier molecular flexibility index (Phi) is 6.42. The summed E-state index contributed by atoms with van der Waals surface area (Å²) in [5.74, 6) is -2.35. The first-order valence-electron chi connectivity index (χ1n) is 11.3. The van der Waals surface area contributed by atoms with Crippen molar-refractivity contribution in [3.8, 4) is 11.5 Å². The first kappa shape index (κ1) is 25.8. The second-order valence-electron chi connectivity index (χ2n) is 9.21. The second kappa shape index (κ2) is 8.97. The van der Waals surface area contributed by atoms with E-state index in [0.717, 1.165) is 17.7 Å². The topological polar surface area (TPSA) is 117 Å². The zero-order chi connectivity index (χ0) is 26.5. The number of phenolic OH excluding ortho intramolecular Hbond substituents is 1. The number of allylic oxidation sites excluding steroid dienone is 3. The number of carbonyl (C=O) groups is 2. The van der Waals surface area contributed by atoms with Crippen molar-refractivity contribution < 1.29 is 47.6 Å². The Hall–Kier alpha value is -3.31. The number of halogens is 3. The van der Waals surface area contributed by atoms with Gasteiger partial charge in [0, 0.05) is 24.1 Å². The molecule has 3 N–H and O–H groups in total. The van der Waals surface area contributed by atoms with Crippen LogP contribution in [0.1, 0.15) is 30.9 Å². The van der Waals surface area contributed by atoms with Gasteiger partial charge in [-0.2, -0.15) is 13.2 Å². The fourth-order valence-corrected chi connectivity index (χ4v) is 5.83. The van der Waals surface area contributed by atoms with Crippen molar-refractivity contribution in [1.82, 2.24) is 4.90 Å². The highest BCUT2D eigenvalue weighted by atomic mass is 19.4. The van der Waals surface area contributed by atoms with Crippen LogP contribution in [0.4, 0.5) is 13.2 Å². The number of esters is 1. The molecule has 2 aliphatic carbocycles. The number of carboxylic acids is 1. The first-order chi connectivity index (χ1) is 16.9. The van der Waals surface area contributed by atoms with Crippen LogP contribution < -0.4 is 4.74 Å². The van der Waals surface area contributed by atoms with Crippen molar-refractivity contribution in [3.63, 3.8) is 0 Å². The predicted molar refractivity (Wildman–Crippen MR) is 120 cm³/mol. The maximum Gasteiger partial charge on any atom is 0.490 e. The largest absolute Gasteiger partial charge is 0.504 e. The average Bonchev–Trinajstić information content (AvgIpc) is 3.16. The van der Waals surface area contributed by atoms with E-state index in [1.54, 1.807) is 24.3 Å². The van der Waals surface area contributed by atoms with Crippen LogP contribution in [0.2, 0.25) is 0 Å². The molecule has 5 rings (SSSR count). The molecule has 11 heteroatoms. The summed E-state index contributed by atoms with van der Waals surface area (Å²) in [5.41, 5.74) is 0.193. The number of carbonyl (C=O) groups excluding carboxylic acids is 1. The van der Waals surface area contributed by atoms with Crippen molar-refractivity contribution in [2.24, 2.45) is 0 Å². The van der Waals surface area contributed by atoms with Crippen molar-refractivity contribution in [3.05, 3.63) is 59.4 Å². The molecule has 2 heterocycles. The van der Waals surface area contributed by atoms with Crippen molar-refractivity contribution >= 4 is 11.9 Å². The van der Waals surface area contributed by atoms with Gasteiger partial charge in [0.1, 0.15) is 5.76 Å². The van der Waals surface area contributed by atoms with Gasteiger partial charge in [-0.05, 0) is 51.1 Å². The normalized spacial score (nSPS) is 30.2. The number of likely N-dealkylation sites (tertiary alicyclic amines) is 1. The Labute approximate surface area is 204 Å². The Morgan fingerprint density at radius 2 is 1.97 bits per heavy atom. The Morgan fingerprint density at radius 1 is 1.28 bits per heavy atom. The Morgan fingerprint density at radius 3 is 2.61 bits per heavy atom. The number of phenols is 1. The zero-order valence-corrected chi connectivity index (χ0v) is 19.6. The third-order valence-electron chi connectivity index (χ3n) is 7.35. The molecular weight excluding hydrogens is 483 g/mol. The summed E-state index contributed by atoms with van der Waals surface area (Å²) in [6.07, 6.45) is 4.36. The molecule has 0 radical (unpaired) electrons. The number of rotatable bonds is 3. The fraction of sp³-hybridized carbons (Fsp3) is 0.440. The van der Waals surface area contributed by atoms with Gasteiger partial charge in [0.25, 0.3) is 0 Å². The molecule has 194 valence electrons. The minimum atomic E-state index is -5.08. The lowest BCUT2D eigenvalue weighted by Gasteiger charge is -2.61. The molecule has 8 nitrogen and oxygen atoms in total. The minimum absolute atomic E-state index is 0.0610. The van der Waals surface area contributed by atoms with E-state index >= 15 is 0 Å². The van der Waals surface area contributed by atoms with E-state index in [1.807, 2.05) is 26.1 Å². The van der Waals surface area contributed by atoms with Crippen molar-refractivity contribution in [2.75, 3.05) is 13.6 Å². The van der Waals surface area contributed by atoms with Crippen LogP contribution in [0, 0.1) is 0 Å². The minimum Gasteiger partial charge on any atom is -0.504 e. The van der Waals surface area contributed by atoms with Crippen LogP contribution in [0.25, 0.3) is 0 Å². The first-order valence-corrected chi connectivity index (χ1v) is 11.3. The van der Waals surface area contributed by atoms with Gasteiger partial charge in [0.2, 0.25) is 0 Å². The van der Waals surface area contributed by atoms with Crippen molar-refractivity contribution in [1.29, 1.82) is 0 Å². The number of piperidine rings is 1. The van der Waals surface area contributed by atoms with Crippen LogP contribution in [0.15, 0.2) is 48.3 Å². The summed E-state index contributed by atoms with van der Waals surface area (Å²) in [6.45, 7) is 2.66. The number of nitrogens with zero attached hydrogens (tertiary/aromatic N) is 1. The zero-order valence-electron chi connectivity index (χ0n) is 19.6. The highest BCUT2D eigenvalue weighted by molar-refractivity contribution is 5.83. The molecule has 1 unspecified atom stereocenters. The number of alkyl halides is 3. The maximum atomic E-state index is 12.3. The quantitative estimate of drug-likeness (QED) is 0.324. The molecule has 4 aliphatic rings. The summed E-state index contributed by atoms with van der Waals surface area (Å²) < 4.78 is 43.6. The van der Waals surface area contributed by atoms with Crippen molar-refractivity contribution in [2.45, 2.75) is 55.5 Å². The van der Waals surface area contributed by atoms with Gasteiger partial charge >= 0.3 is 18.1 Å². The van der Waals surface area contributed by atoms with E-state index in [4.69, 9.17) is 19.4 Å². The summed E-state index contributed by atoms with van der Waals surface area (Å²) in [4.78, 5) is 23.4. The fourth-order valence-electron chi connectivity index (χ4n) is 5.83. The maximum absolute atomic E-state index is 12.3. The van der Waals surface area contributed by atoms with E-state index < -0.39 is 35.2 Å². The van der Waals surface area contributed by atoms with Gasteiger partial charge in [-0.1, -0.05) is 24.3 Å². The van der Waals surface area contributed by atoms with Crippen LogP contribution in [0.3, 0.4) is 0 Å². The molecule has 2 bridgehead atoms. The average molecular weight is 509 g/mol. The van der Waals surface area contributed by atoms with Crippen LogP contribution >= 0.6 is 0 Å². The standard InChI is InChI=1S/C23H25NO5.C2HF3O2/c1-3-4-5-6-18(26)28-16-9-10-23(27)17-13-14-7-8-15(25)20-19(14)22(23,21(16)29-20)11-12-24(17)2;3-2(4,5)1(6)7/h3-9,17,21,25,27H,10-13H2,1-2H3;(H,6,7)/t17?,21-,22-,23-;/m0./s1. The monoisotopic (exact) mass is 509 g/mol. The van der Waals surface area contributed by atoms with Crippen LogP contribution in [-0.4, -0.2) is 69.7 Å². The molecule has 0 aromatic heterocycles. The lowest BCUT2D eigenvalue weighted by atomic mass is 9.50. The molecular formula is C25H26F3NO7. The third kappa shape index (κ3) is 3.86. The molecule has 1 fully saturated rings. The van der Waals surface area contributed by atoms with E-state index in [9.17, 15) is 28.2 Å². The van der Waals surface area contributed by atoms with E-state index in [2.05, 4.69) is 4.90 Å². The molecule has 0 saturated carbocycles. The molecule has 4 atom stereocenters. The predicted octanol–water partition coefficient (Wildman–Crippen LogP) is 2.98. The molecule has 1 aromatic rings. The van der Waals surface area contributed by atoms with Gasteiger partial charge < -0.3 is 29.7 Å².